The van der Waals surface area contributed by atoms with Gasteiger partial charge in [-0.05, 0) is 85.9 Å². The molecule has 2 fully saturated rings. The average molecular weight is 532 g/mol. The summed E-state index contributed by atoms with van der Waals surface area (Å²) in [5, 5.41) is 10.5. The molecule has 2 aliphatic rings. The summed E-state index contributed by atoms with van der Waals surface area (Å²) in [7, 11) is 3.49. The van der Waals surface area contributed by atoms with Gasteiger partial charge in [0.25, 0.3) is 11.8 Å². The summed E-state index contributed by atoms with van der Waals surface area (Å²) in [6, 6.07) is 12.1. The van der Waals surface area contributed by atoms with Crippen molar-refractivity contribution in [1.29, 1.82) is 0 Å². The Balaban J connectivity index is 1.22. The van der Waals surface area contributed by atoms with E-state index in [0.717, 1.165) is 63.0 Å². The molecule has 2 aromatic rings. The number of aliphatic hydroxyl groups is 1. The Morgan fingerprint density at radius 1 is 0.947 bits per heavy atom. The summed E-state index contributed by atoms with van der Waals surface area (Å²) >= 11 is 0. The van der Waals surface area contributed by atoms with Crippen LogP contribution in [0.5, 0.6) is 0 Å². The van der Waals surface area contributed by atoms with Crippen LogP contribution in [0.25, 0.3) is 0 Å². The van der Waals surface area contributed by atoms with Crippen molar-refractivity contribution in [3.8, 4) is 0 Å². The van der Waals surface area contributed by atoms with Gasteiger partial charge in [-0.3, -0.25) is 9.59 Å². The second kappa shape index (κ2) is 11.8. The maximum Gasteiger partial charge on any atom is 0.416 e. The molecule has 6 nitrogen and oxygen atoms in total. The first-order valence-corrected chi connectivity index (χ1v) is 13.2. The Hall–Kier alpha value is -3.07. The minimum Gasteiger partial charge on any atom is -0.378 e. The second-order valence-electron chi connectivity index (χ2n) is 10.7. The lowest BCUT2D eigenvalue weighted by Gasteiger charge is -2.38. The van der Waals surface area contributed by atoms with Crippen LogP contribution in [0, 0.1) is 11.8 Å². The SMILES string of the molecule is CN(C)C(=O)c1ccc(N2CCC(CC3CCN(C(=O)C(O)c4cccc(C(F)(F)F)c4)CC3)CC2)cc1. The molecule has 0 saturated carbocycles. The van der Waals surface area contributed by atoms with E-state index in [4.69, 9.17) is 0 Å². The fourth-order valence-corrected chi connectivity index (χ4v) is 5.56. The highest BCUT2D eigenvalue weighted by Gasteiger charge is 2.33. The first-order chi connectivity index (χ1) is 18.0. The molecule has 0 aromatic heterocycles. The number of alkyl halides is 3. The summed E-state index contributed by atoms with van der Waals surface area (Å²) in [6.07, 6.45) is -1.16. The molecule has 1 atom stereocenters. The van der Waals surface area contributed by atoms with Crippen molar-refractivity contribution in [3.63, 3.8) is 0 Å². The van der Waals surface area contributed by atoms with E-state index in [9.17, 15) is 27.9 Å². The number of nitrogens with zero attached hydrogens (tertiary/aromatic N) is 3. The van der Waals surface area contributed by atoms with Crippen LogP contribution in [0.3, 0.4) is 0 Å². The van der Waals surface area contributed by atoms with Crippen molar-refractivity contribution in [2.75, 3.05) is 45.2 Å². The van der Waals surface area contributed by atoms with Crippen molar-refractivity contribution in [3.05, 3.63) is 65.2 Å². The number of carbonyl (C=O) groups excluding carboxylic acids is 2. The van der Waals surface area contributed by atoms with Gasteiger partial charge in [0.15, 0.2) is 6.10 Å². The van der Waals surface area contributed by atoms with Crippen molar-refractivity contribution in [2.24, 2.45) is 11.8 Å². The number of halogens is 3. The van der Waals surface area contributed by atoms with Gasteiger partial charge in [-0.1, -0.05) is 12.1 Å². The highest BCUT2D eigenvalue weighted by atomic mass is 19.4. The first-order valence-electron chi connectivity index (χ1n) is 13.2. The maximum atomic E-state index is 13.0. The van der Waals surface area contributed by atoms with Gasteiger partial charge in [0.2, 0.25) is 0 Å². The van der Waals surface area contributed by atoms with Crippen LogP contribution >= 0.6 is 0 Å². The largest absolute Gasteiger partial charge is 0.416 e. The molecular formula is C29H36F3N3O3. The quantitative estimate of drug-likeness (QED) is 0.571. The van der Waals surface area contributed by atoms with Crippen molar-refractivity contribution < 1.29 is 27.9 Å². The molecule has 38 heavy (non-hydrogen) atoms. The third-order valence-corrected chi connectivity index (χ3v) is 7.86. The van der Waals surface area contributed by atoms with E-state index in [0.29, 0.717) is 30.5 Å². The molecule has 0 radical (unpaired) electrons. The molecule has 2 amide bonds. The summed E-state index contributed by atoms with van der Waals surface area (Å²) < 4.78 is 39.0. The van der Waals surface area contributed by atoms with Crippen molar-refractivity contribution >= 4 is 17.5 Å². The number of aliphatic hydroxyl groups excluding tert-OH is 1. The zero-order valence-corrected chi connectivity index (χ0v) is 22.0. The fraction of sp³-hybridized carbons (Fsp3) is 0.517. The molecular weight excluding hydrogens is 495 g/mol. The van der Waals surface area contributed by atoms with Crippen LogP contribution in [0.15, 0.2) is 48.5 Å². The normalized spacial score (nSPS) is 18.4. The van der Waals surface area contributed by atoms with Crippen LogP contribution in [0.1, 0.15) is 59.7 Å². The van der Waals surface area contributed by atoms with Crippen LogP contribution < -0.4 is 4.90 Å². The van der Waals surface area contributed by atoms with Gasteiger partial charge in [-0.25, -0.2) is 0 Å². The van der Waals surface area contributed by atoms with Crippen LogP contribution in [0.4, 0.5) is 18.9 Å². The van der Waals surface area contributed by atoms with Gasteiger partial charge in [0, 0.05) is 51.5 Å². The molecule has 9 heteroatoms. The number of rotatable bonds is 6. The van der Waals surface area contributed by atoms with E-state index in [1.807, 2.05) is 24.3 Å². The fourth-order valence-electron chi connectivity index (χ4n) is 5.56. The van der Waals surface area contributed by atoms with Crippen LogP contribution in [-0.4, -0.2) is 67.0 Å². The molecule has 2 saturated heterocycles. The van der Waals surface area contributed by atoms with Crippen LogP contribution in [0.2, 0.25) is 0 Å². The van der Waals surface area contributed by atoms with Gasteiger partial charge in [-0.15, -0.1) is 0 Å². The molecule has 1 N–H and O–H groups in total. The van der Waals surface area contributed by atoms with E-state index in [1.54, 1.807) is 23.9 Å². The maximum absolute atomic E-state index is 13.0. The number of piperidine rings is 2. The third kappa shape index (κ3) is 6.67. The molecule has 2 aromatic carbocycles. The van der Waals surface area contributed by atoms with Crippen molar-refractivity contribution in [1.82, 2.24) is 9.80 Å². The summed E-state index contributed by atoms with van der Waals surface area (Å²) in [4.78, 5) is 30.4. The summed E-state index contributed by atoms with van der Waals surface area (Å²) in [5.74, 6) is 0.573. The smallest absolute Gasteiger partial charge is 0.378 e. The lowest BCUT2D eigenvalue weighted by Crippen LogP contribution is -2.42. The number of anilines is 1. The minimum atomic E-state index is -4.52. The first kappa shape index (κ1) is 28.0. The summed E-state index contributed by atoms with van der Waals surface area (Å²) in [5.41, 5.74) is 0.909. The van der Waals surface area contributed by atoms with Gasteiger partial charge in [0.05, 0.1) is 5.56 Å². The Bertz CT molecular complexity index is 1100. The van der Waals surface area contributed by atoms with Gasteiger partial charge in [-0.2, -0.15) is 13.2 Å². The third-order valence-electron chi connectivity index (χ3n) is 7.86. The predicted molar refractivity (Wildman–Crippen MR) is 140 cm³/mol. The molecule has 4 rings (SSSR count). The zero-order chi connectivity index (χ0) is 27.4. The average Bonchev–Trinajstić information content (AvgIpc) is 2.92. The second-order valence-corrected chi connectivity index (χ2v) is 10.7. The van der Waals surface area contributed by atoms with Crippen LogP contribution in [-0.2, 0) is 11.0 Å². The topological polar surface area (TPSA) is 64.1 Å². The predicted octanol–water partition coefficient (Wildman–Crippen LogP) is 4.99. The van der Waals surface area contributed by atoms with E-state index < -0.39 is 23.8 Å². The van der Waals surface area contributed by atoms with Gasteiger partial charge >= 0.3 is 6.18 Å². The van der Waals surface area contributed by atoms with Crippen molar-refractivity contribution in [2.45, 2.75) is 44.4 Å². The standard InChI is InChI=1S/C29H36F3N3O3/c1-33(2)27(37)22-6-8-25(9-7-22)34-14-10-20(11-15-34)18-21-12-16-35(17-13-21)28(38)26(36)23-4-3-5-24(19-23)29(30,31)32/h3-9,19-21,26,36H,10-18H2,1-2H3. The van der Waals surface area contributed by atoms with Gasteiger partial charge in [0.1, 0.15) is 0 Å². The molecule has 0 aliphatic carbocycles. The van der Waals surface area contributed by atoms with E-state index in [2.05, 4.69) is 4.90 Å². The highest BCUT2D eigenvalue weighted by Crippen LogP contribution is 2.34. The number of benzene rings is 2. The number of hydrogen-bond acceptors (Lipinski definition) is 4. The van der Waals surface area contributed by atoms with E-state index in [1.165, 1.54) is 12.1 Å². The number of likely N-dealkylation sites (tertiary alicyclic amines) is 1. The van der Waals surface area contributed by atoms with E-state index in [-0.39, 0.29) is 11.5 Å². The Morgan fingerprint density at radius 2 is 1.53 bits per heavy atom. The lowest BCUT2D eigenvalue weighted by atomic mass is 9.82. The Kier molecular flexibility index (Phi) is 8.65. The Labute approximate surface area is 222 Å². The van der Waals surface area contributed by atoms with Gasteiger partial charge < -0.3 is 19.8 Å². The lowest BCUT2D eigenvalue weighted by molar-refractivity contribution is -0.143. The number of hydrogen-bond donors (Lipinski definition) is 1. The molecule has 1 unspecified atom stereocenters. The summed E-state index contributed by atoms with van der Waals surface area (Å²) in [6.45, 7) is 2.95. The number of carbonyl (C=O) groups is 2. The molecule has 0 bridgehead atoms. The molecule has 2 aliphatic heterocycles. The van der Waals surface area contributed by atoms with E-state index >= 15 is 0 Å². The zero-order valence-electron chi connectivity index (χ0n) is 22.0. The minimum absolute atomic E-state index is 0.00632. The number of amides is 2. The molecule has 2 heterocycles. The monoisotopic (exact) mass is 531 g/mol. The molecule has 0 spiro atoms. The molecule has 206 valence electrons. The Morgan fingerprint density at radius 3 is 2.08 bits per heavy atom. The highest BCUT2D eigenvalue weighted by molar-refractivity contribution is 5.94.